The number of hydrogen-bond donors (Lipinski definition) is 0. The summed E-state index contributed by atoms with van der Waals surface area (Å²) in [4.78, 5) is 4.32. The van der Waals surface area contributed by atoms with Gasteiger partial charge in [0.15, 0.2) is 11.3 Å². The van der Waals surface area contributed by atoms with Crippen molar-refractivity contribution in [2.75, 3.05) is 5.75 Å². The summed E-state index contributed by atoms with van der Waals surface area (Å²) in [6.45, 7) is 0.810. The lowest BCUT2D eigenvalue weighted by molar-refractivity contribution is 0.532. The normalized spacial score (nSPS) is 18.3. The molecule has 3 rings (SSSR count). The number of aromatic nitrogens is 3. The lowest BCUT2D eigenvalue weighted by atomic mass is 10.1. The molecule has 18 heavy (non-hydrogen) atoms. The molecule has 0 radical (unpaired) electrons. The number of nitrogens with zero attached hydrogens (tertiary/aromatic N) is 4. The van der Waals surface area contributed by atoms with Crippen molar-refractivity contribution >= 4 is 22.8 Å². The van der Waals surface area contributed by atoms with E-state index in [0.29, 0.717) is 11.6 Å². The zero-order valence-electron chi connectivity index (χ0n) is 9.78. The van der Waals surface area contributed by atoms with E-state index in [1.54, 1.807) is 6.20 Å². The fourth-order valence-electron chi connectivity index (χ4n) is 2.12. The van der Waals surface area contributed by atoms with E-state index in [0.717, 1.165) is 29.8 Å². The number of pyridine rings is 1. The van der Waals surface area contributed by atoms with Crippen LogP contribution in [-0.2, 0) is 6.54 Å². The third kappa shape index (κ3) is 2.00. The Morgan fingerprint density at radius 2 is 2.50 bits per heavy atom. The van der Waals surface area contributed by atoms with Crippen LogP contribution >= 0.6 is 11.8 Å². The number of thioether (sulfide) groups is 1. The molecule has 0 fully saturated rings. The molecule has 1 atom stereocenters. The molecule has 0 N–H and O–H groups in total. The maximum Gasteiger partial charge on any atom is 0.172 e. The summed E-state index contributed by atoms with van der Waals surface area (Å²) >= 11 is 1.85. The van der Waals surface area contributed by atoms with Crippen molar-refractivity contribution in [2.24, 2.45) is 5.92 Å². The summed E-state index contributed by atoms with van der Waals surface area (Å²) in [5.74, 6) is 1.76. The molecule has 90 valence electrons. The smallest absolute Gasteiger partial charge is 0.172 e. The van der Waals surface area contributed by atoms with Gasteiger partial charge < -0.3 is 0 Å². The third-order valence-corrected chi connectivity index (χ3v) is 4.05. The highest BCUT2D eigenvalue weighted by Gasteiger charge is 2.13. The minimum absolute atomic E-state index is 0.467. The second-order valence-corrected chi connectivity index (χ2v) is 5.21. The summed E-state index contributed by atoms with van der Waals surface area (Å²) in [7, 11) is 0. The van der Waals surface area contributed by atoms with Crippen LogP contribution in [0.15, 0.2) is 29.8 Å². The molecule has 0 aliphatic carbocycles. The Hall–Kier alpha value is -1.80. The van der Waals surface area contributed by atoms with E-state index in [-0.39, 0.29) is 0 Å². The van der Waals surface area contributed by atoms with Gasteiger partial charge in [-0.25, -0.2) is 9.67 Å². The molecule has 1 unspecified atom stereocenters. The minimum Gasteiger partial charge on any atom is -0.246 e. The van der Waals surface area contributed by atoms with Gasteiger partial charge in [-0.1, -0.05) is 6.08 Å². The van der Waals surface area contributed by atoms with Crippen LogP contribution in [0.5, 0.6) is 0 Å². The van der Waals surface area contributed by atoms with Crippen molar-refractivity contribution in [3.63, 3.8) is 0 Å². The second kappa shape index (κ2) is 4.83. The predicted octanol–water partition coefficient (Wildman–Crippen LogP) is 2.57. The summed E-state index contributed by atoms with van der Waals surface area (Å²) in [5.41, 5.74) is 1.28. The first kappa shape index (κ1) is 11.3. The standard InChI is InChI=1S/C13H12N4S/c14-8-12-11-2-1-5-15-13(11)17(16-12)6-3-10-4-7-18-9-10/h1-2,4-5,7,10H,3,6,9H2. The summed E-state index contributed by atoms with van der Waals surface area (Å²) in [5, 5.41) is 16.4. The Bertz CT molecular complexity index is 638. The number of hydrogen-bond acceptors (Lipinski definition) is 4. The highest BCUT2D eigenvalue weighted by Crippen LogP contribution is 2.24. The molecule has 1 aliphatic heterocycles. The summed E-state index contributed by atoms with van der Waals surface area (Å²) in [6, 6.07) is 5.87. The van der Waals surface area contributed by atoms with E-state index in [9.17, 15) is 0 Å². The van der Waals surface area contributed by atoms with Gasteiger partial charge in [-0.2, -0.15) is 10.4 Å². The Morgan fingerprint density at radius 1 is 1.56 bits per heavy atom. The van der Waals surface area contributed by atoms with Crippen LogP contribution in [0.1, 0.15) is 12.1 Å². The van der Waals surface area contributed by atoms with E-state index in [1.165, 1.54) is 0 Å². The number of rotatable bonds is 3. The Morgan fingerprint density at radius 3 is 3.28 bits per heavy atom. The minimum atomic E-state index is 0.467. The van der Waals surface area contributed by atoms with Crippen LogP contribution < -0.4 is 0 Å². The van der Waals surface area contributed by atoms with E-state index in [2.05, 4.69) is 27.6 Å². The first-order valence-corrected chi connectivity index (χ1v) is 6.93. The van der Waals surface area contributed by atoms with E-state index < -0.39 is 0 Å². The van der Waals surface area contributed by atoms with Gasteiger partial charge in [0.2, 0.25) is 0 Å². The fourth-order valence-corrected chi connectivity index (χ4v) is 3.09. The molecule has 2 aromatic rings. The SMILES string of the molecule is N#Cc1nn(CCC2C=CSC2)c2ncccc12. The van der Waals surface area contributed by atoms with Gasteiger partial charge in [0, 0.05) is 18.5 Å². The highest BCUT2D eigenvalue weighted by atomic mass is 32.2. The maximum atomic E-state index is 9.06. The van der Waals surface area contributed by atoms with E-state index in [1.807, 2.05) is 28.6 Å². The molecule has 1 aliphatic rings. The molecular weight excluding hydrogens is 244 g/mol. The monoisotopic (exact) mass is 256 g/mol. The maximum absolute atomic E-state index is 9.06. The van der Waals surface area contributed by atoms with Crippen LogP contribution in [0.3, 0.4) is 0 Å². The Kier molecular flexibility index (Phi) is 3.03. The van der Waals surface area contributed by atoms with Crippen LogP contribution in [0.25, 0.3) is 11.0 Å². The number of nitriles is 1. The van der Waals surface area contributed by atoms with Gasteiger partial charge in [0.25, 0.3) is 0 Å². The number of aryl methyl sites for hydroxylation is 1. The molecule has 0 saturated heterocycles. The van der Waals surface area contributed by atoms with Gasteiger partial charge >= 0.3 is 0 Å². The highest BCUT2D eigenvalue weighted by molar-refractivity contribution is 8.02. The third-order valence-electron chi connectivity index (χ3n) is 3.08. The van der Waals surface area contributed by atoms with Gasteiger partial charge in [0.05, 0.1) is 5.39 Å². The zero-order chi connectivity index (χ0) is 12.4. The number of fused-ring (bicyclic) bond motifs is 1. The predicted molar refractivity (Wildman–Crippen MR) is 71.9 cm³/mol. The molecule has 3 heterocycles. The summed E-state index contributed by atoms with van der Waals surface area (Å²) < 4.78 is 1.85. The van der Waals surface area contributed by atoms with Crippen molar-refractivity contribution in [1.82, 2.24) is 14.8 Å². The van der Waals surface area contributed by atoms with Gasteiger partial charge in [-0.3, -0.25) is 0 Å². The molecule has 0 saturated carbocycles. The molecule has 0 bridgehead atoms. The van der Waals surface area contributed by atoms with Crippen LogP contribution in [0.2, 0.25) is 0 Å². The second-order valence-electron chi connectivity index (χ2n) is 4.27. The van der Waals surface area contributed by atoms with Crippen molar-refractivity contribution in [1.29, 1.82) is 5.26 Å². The van der Waals surface area contributed by atoms with Crippen LogP contribution in [-0.4, -0.2) is 20.5 Å². The lowest BCUT2D eigenvalue weighted by Gasteiger charge is -2.06. The molecule has 0 amide bonds. The van der Waals surface area contributed by atoms with Crippen LogP contribution in [0, 0.1) is 17.2 Å². The van der Waals surface area contributed by atoms with Gasteiger partial charge in [-0.05, 0) is 29.9 Å². The van der Waals surface area contributed by atoms with Crippen molar-refractivity contribution in [2.45, 2.75) is 13.0 Å². The van der Waals surface area contributed by atoms with Crippen LogP contribution in [0.4, 0.5) is 0 Å². The van der Waals surface area contributed by atoms with Gasteiger partial charge in [0.1, 0.15) is 6.07 Å². The Balaban J connectivity index is 1.87. The van der Waals surface area contributed by atoms with E-state index in [4.69, 9.17) is 5.26 Å². The molecule has 2 aromatic heterocycles. The van der Waals surface area contributed by atoms with Crippen molar-refractivity contribution < 1.29 is 0 Å². The lowest BCUT2D eigenvalue weighted by Crippen LogP contribution is -2.06. The number of allylic oxidation sites excluding steroid dienone is 1. The first-order chi connectivity index (χ1) is 8.88. The topological polar surface area (TPSA) is 54.5 Å². The molecule has 0 spiro atoms. The fraction of sp³-hybridized carbons (Fsp3) is 0.308. The molecule has 4 nitrogen and oxygen atoms in total. The largest absolute Gasteiger partial charge is 0.246 e. The quantitative estimate of drug-likeness (QED) is 0.847. The first-order valence-electron chi connectivity index (χ1n) is 5.88. The molecular formula is C13H12N4S. The van der Waals surface area contributed by atoms with Crippen molar-refractivity contribution in [3.05, 3.63) is 35.5 Å². The average Bonchev–Trinajstić information content (AvgIpc) is 3.04. The zero-order valence-corrected chi connectivity index (χ0v) is 10.6. The Labute approximate surface area is 109 Å². The van der Waals surface area contributed by atoms with E-state index >= 15 is 0 Å². The molecule has 0 aromatic carbocycles. The summed E-state index contributed by atoms with van der Waals surface area (Å²) in [6.07, 6.45) is 5.03. The molecule has 5 heteroatoms. The average molecular weight is 256 g/mol. The van der Waals surface area contributed by atoms with Crippen molar-refractivity contribution in [3.8, 4) is 6.07 Å². The van der Waals surface area contributed by atoms with Gasteiger partial charge in [-0.15, -0.1) is 11.8 Å².